The largest absolute Gasteiger partial charge is 0.340 e. The number of nitrogens with zero attached hydrogens (tertiary/aromatic N) is 1. The van der Waals surface area contributed by atoms with E-state index >= 15 is 0 Å². The van der Waals surface area contributed by atoms with Crippen molar-refractivity contribution in [3.05, 3.63) is 35.4 Å². The molecule has 1 aliphatic rings. The second-order valence-corrected chi connectivity index (χ2v) is 4.40. The summed E-state index contributed by atoms with van der Waals surface area (Å²) >= 11 is 0. The second kappa shape index (κ2) is 5.13. The van der Waals surface area contributed by atoms with Crippen LogP contribution in [0.25, 0.3) is 0 Å². The molecular formula is C13H12F2N2O. The topological polar surface area (TPSA) is 52.9 Å². The molecule has 1 N–H and O–H groups in total. The summed E-state index contributed by atoms with van der Waals surface area (Å²) in [7, 11) is 0. The van der Waals surface area contributed by atoms with Gasteiger partial charge >= 0.3 is 0 Å². The van der Waals surface area contributed by atoms with Gasteiger partial charge in [-0.2, -0.15) is 5.26 Å². The molecule has 3 nitrogen and oxygen atoms in total. The molecule has 0 saturated heterocycles. The van der Waals surface area contributed by atoms with Gasteiger partial charge in [-0.15, -0.1) is 0 Å². The van der Waals surface area contributed by atoms with Gasteiger partial charge in [0.2, 0.25) is 5.91 Å². The Balaban J connectivity index is 1.98. The van der Waals surface area contributed by atoms with Crippen molar-refractivity contribution in [2.45, 2.75) is 25.3 Å². The van der Waals surface area contributed by atoms with Crippen molar-refractivity contribution in [3.8, 4) is 6.07 Å². The molecule has 18 heavy (non-hydrogen) atoms. The number of carbonyl (C=O) groups excluding carboxylic acids is 1. The van der Waals surface area contributed by atoms with Crippen molar-refractivity contribution < 1.29 is 13.6 Å². The van der Waals surface area contributed by atoms with Gasteiger partial charge in [-0.05, 0) is 24.8 Å². The Bertz CT molecular complexity index is 506. The van der Waals surface area contributed by atoms with E-state index in [1.54, 1.807) is 0 Å². The summed E-state index contributed by atoms with van der Waals surface area (Å²) in [4.78, 5) is 11.6. The minimum atomic E-state index is -1.01. The lowest BCUT2D eigenvalue weighted by Gasteiger charge is -2.10. The van der Waals surface area contributed by atoms with Crippen LogP contribution in [0.4, 0.5) is 8.78 Å². The molecule has 0 aliphatic heterocycles. The maximum absolute atomic E-state index is 13.3. The Hall–Kier alpha value is -1.96. The maximum atomic E-state index is 13.3. The number of rotatable bonds is 4. The molecule has 1 amide bonds. The summed E-state index contributed by atoms with van der Waals surface area (Å²) in [6, 6.07) is 5.20. The van der Waals surface area contributed by atoms with Crippen LogP contribution in [-0.4, -0.2) is 11.9 Å². The highest BCUT2D eigenvalue weighted by molar-refractivity contribution is 5.79. The smallest absolute Gasteiger partial charge is 0.225 e. The van der Waals surface area contributed by atoms with E-state index in [0.717, 1.165) is 18.9 Å². The van der Waals surface area contributed by atoms with Gasteiger partial charge in [-0.3, -0.25) is 4.79 Å². The first-order valence-electron chi connectivity index (χ1n) is 5.73. The van der Waals surface area contributed by atoms with Gasteiger partial charge in [0.05, 0.1) is 12.5 Å². The molecule has 1 aromatic rings. The van der Waals surface area contributed by atoms with Gasteiger partial charge in [0.1, 0.15) is 6.04 Å². The summed E-state index contributed by atoms with van der Waals surface area (Å²) in [5.41, 5.74) is -0.0000123. The van der Waals surface area contributed by atoms with Crippen molar-refractivity contribution >= 4 is 5.91 Å². The van der Waals surface area contributed by atoms with E-state index in [4.69, 9.17) is 5.26 Å². The SMILES string of the molecule is N#CC(NC(=O)Cc1cccc(F)c1F)C1CC1. The monoisotopic (exact) mass is 250 g/mol. The van der Waals surface area contributed by atoms with Crippen LogP contribution >= 0.6 is 0 Å². The van der Waals surface area contributed by atoms with Gasteiger partial charge in [-0.1, -0.05) is 12.1 Å². The molecule has 0 spiro atoms. The Morgan fingerprint density at radius 1 is 1.50 bits per heavy atom. The fourth-order valence-corrected chi connectivity index (χ4v) is 1.77. The summed E-state index contributed by atoms with van der Waals surface area (Å²) in [6.45, 7) is 0. The molecule has 2 rings (SSSR count). The number of benzene rings is 1. The lowest BCUT2D eigenvalue weighted by molar-refractivity contribution is -0.121. The third kappa shape index (κ3) is 2.83. The lowest BCUT2D eigenvalue weighted by atomic mass is 10.1. The number of hydrogen-bond acceptors (Lipinski definition) is 2. The fraction of sp³-hybridized carbons (Fsp3) is 0.385. The lowest BCUT2D eigenvalue weighted by Crippen LogP contribution is -2.36. The normalized spacial score (nSPS) is 15.8. The minimum absolute atomic E-state index is 0.0000123. The molecule has 1 unspecified atom stereocenters. The first-order chi connectivity index (χ1) is 8.61. The third-order valence-corrected chi connectivity index (χ3v) is 2.93. The van der Waals surface area contributed by atoms with Gasteiger partial charge in [0.25, 0.3) is 0 Å². The van der Waals surface area contributed by atoms with Gasteiger partial charge < -0.3 is 5.32 Å². The molecular weight excluding hydrogens is 238 g/mol. The molecule has 0 heterocycles. The van der Waals surface area contributed by atoms with E-state index in [1.165, 1.54) is 12.1 Å². The molecule has 1 aromatic carbocycles. The van der Waals surface area contributed by atoms with E-state index in [2.05, 4.69) is 5.32 Å². The molecule has 0 bridgehead atoms. The maximum Gasteiger partial charge on any atom is 0.225 e. The highest BCUT2D eigenvalue weighted by atomic mass is 19.2. The molecule has 0 radical (unpaired) electrons. The zero-order valence-corrected chi connectivity index (χ0v) is 9.62. The number of carbonyl (C=O) groups is 1. The molecule has 1 saturated carbocycles. The first-order valence-corrected chi connectivity index (χ1v) is 5.73. The van der Waals surface area contributed by atoms with E-state index in [1.807, 2.05) is 6.07 Å². The Morgan fingerprint density at radius 2 is 2.22 bits per heavy atom. The van der Waals surface area contributed by atoms with Crippen LogP contribution < -0.4 is 5.32 Å². The van der Waals surface area contributed by atoms with Crippen LogP contribution in [0.1, 0.15) is 18.4 Å². The number of nitrogens with one attached hydrogen (secondary N) is 1. The van der Waals surface area contributed by atoms with Crippen LogP contribution in [0.5, 0.6) is 0 Å². The van der Waals surface area contributed by atoms with E-state index < -0.39 is 23.6 Å². The highest BCUT2D eigenvalue weighted by Gasteiger charge is 2.32. The van der Waals surface area contributed by atoms with Crippen LogP contribution in [-0.2, 0) is 11.2 Å². The zero-order valence-electron chi connectivity index (χ0n) is 9.62. The Kier molecular flexibility index (Phi) is 3.56. The second-order valence-electron chi connectivity index (χ2n) is 4.40. The van der Waals surface area contributed by atoms with Crippen molar-refractivity contribution in [2.75, 3.05) is 0 Å². The van der Waals surface area contributed by atoms with E-state index in [0.29, 0.717) is 0 Å². The van der Waals surface area contributed by atoms with Crippen molar-refractivity contribution in [1.82, 2.24) is 5.32 Å². The van der Waals surface area contributed by atoms with E-state index in [9.17, 15) is 13.6 Å². The van der Waals surface area contributed by atoms with Crippen LogP contribution in [0, 0.1) is 28.9 Å². The molecule has 1 fully saturated rings. The molecule has 94 valence electrons. The Morgan fingerprint density at radius 3 is 2.83 bits per heavy atom. The highest BCUT2D eigenvalue weighted by Crippen LogP contribution is 2.32. The molecule has 1 atom stereocenters. The number of amides is 1. The van der Waals surface area contributed by atoms with Gasteiger partial charge in [0, 0.05) is 5.56 Å². The zero-order chi connectivity index (χ0) is 13.1. The van der Waals surface area contributed by atoms with Crippen LogP contribution in [0.2, 0.25) is 0 Å². The van der Waals surface area contributed by atoms with Crippen molar-refractivity contribution in [3.63, 3.8) is 0 Å². The number of nitriles is 1. The summed E-state index contributed by atoms with van der Waals surface area (Å²) in [5.74, 6) is -2.24. The standard InChI is InChI=1S/C13H12F2N2O/c14-10-3-1-2-9(13(10)15)6-12(18)17-11(7-16)8-4-5-8/h1-3,8,11H,4-6H2,(H,17,18). The quantitative estimate of drug-likeness (QED) is 0.887. The summed E-state index contributed by atoms with van der Waals surface area (Å²) in [6.07, 6.45) is 1.59. The molecule has 1 aliphatic carbocycles. The average molecular weight is 250 g/mol. The van der Waals surface area contributed by atoms with E-state index in [-0.39, 0.29) is 17.9 Å². The number of halogens is 2. The fourth-order valence-electron chi connectivity index (χ4n) is 1.77. The summed E-state index contributed by atoms with van der Waals surface area (Å²) in [5, 5.41) is 11.4. The van der Waals surface area contributed by atoms with Crippen molar-refractivity contribution in [1.29, 1.82) is 5.26 Å². The van der Waals surface area contributed by atoms with Crippen LogP contribution in [0.3, 0.4) is 0 Å². The Labute approximate surface area is 103 Å². The predicted octanol–water partition coefficient (Wildman–Crippen LogP) is 1.93. The average Bonchev–Trinajstić information content (AvgIpc) is 3.16. The van der Waals surface area contributed by atoms with Crippen molar-refractivity contribution in [2.24, 2.45) is 5.92 Å². The minimum Gasteiger partial charge on any atom is -0.340 e. The third-order valence-electron chi connectivity index (χ3n) is 2.93. The van der Waals surface area contributed by atoms with Gasteiger partial charge in [-0.25, -0.2) is 8.78 Å². The summed E-state index contributed by atoms with van der Waals surface area (Å²) < 4.78 is 26.3. The number of hydrogen-bond donors (Lipinski definition) is 1. The molecule has 0 aromatic heterocycles. The predicted molar refractivity (Wildman–Crippen MR) is 60.3 cm³/mol. The molecule has 5 heteroatoms. The van der Waals surface area contributed by atoms with Gasteiger partial charge in [0.15, 0.2) is 11.6 Å². The first kappa shape index (κ1) is 12.5. The van der Waals surface area contributed by atoms with Crippen LogP contribution in [0.15, 0.2) is 18.2 Å².